The molecule has 2 atom stereocenters. The third-order valence-electron chi connectivity index (χ3n) is 5.09. The van der Waals surface area contributed by atoms with Gasteiger partial charge in [-0.25, -0.2) is 34.2 Å². The molecule has 0 aromatic carbocycles. The molecule has 0 amide bonds. The highest BCUT2D eigenvalue weighted by Crippen LogP contribution is 2.29. The molecule has 0 aromatic rings. The van der Waals surface area contributed by atoms with E-state index >= 15 is 0 Å². The van der Waals surface area contributed by atoms with Crippen LogP contribution in [0, 0.1) is 17.3 Å². The lowest BCUT2D eigenvalue weighted by atomic mass is 9.80. The molecule has 168 valence electrons. The van der Waals surface area contributed by atoms with Crippen LogP contribution in [0.25, 0.3) is 0 Å². The summed E-state index contributed by atoms with van der Waals surface area (Å²) in [7, 11) is 0. The fraction of sp³-hybridized carbons (Fsp3) is 0.818. The summed E-state index contributed by atoms with van der Waals surface area (Å²) in [6.07, 6.45) is 10.8. The van der Waals surface area contributed by atoms with Crippen LogP contribution in [0.5, 0.6) is 0 Å². The van der Waals surface area contributed by atoms with Crippen LogP contribution in [0.3, 0.4) is 0 Å². The monoisotopic (exact) mass is 420 g/mol. The maximum atomic E-state index is 10.2. The largest absolute Gasteiger partial charge is 0.235 e. The van der Waals surface area contributed by atoms with Gasteiger partial charge in [-0.15, -0.1) is 0 Å². The van der Waals surface area contributed by atoms with Gasteiger partial charge in [0, 0.05) is 0 Å². The third kappa shape index (κ3) is 17.6. The van der Waals surface area contributed by atoms with E-state index in [9.17, 15) is 19.2 Å². The van der Waals surface area contributed by atoms with Crippen molar-refractivity contribution < 1.29 is 19.2 Å². The second-order valence-electron chi connectivity index (χ2n) is 8.86. The molecule has 2 unspecified atom stereocenters. The Bertz CT molecular complexity index is 665. The van der Waals surface area contributed by atoms with Gasteiger partial charge >= 0.3 is 0 Å². The maximum absolute atomic E-state index is 10.2. The van der Waals surface area contributed by atoms with Gasteiger partial charge < -0.3 is 0 Å². The van der Waals surface area contributed by atoms with E-state index in [-0.39, 0.29) is 11.0 Å². The molecule has 0 spiro atoms. The first-order valence-electron chi connectivity index (χ1n) is 10.3. The lowest BCUT2D eigenvalue weighted by Crippen LogP contribution is -2.26. The quantitative estimate of drug-likeness (QED) is 0.236. The van der Waals surface area contributed by atoms with E-state index < -0.39 is 0 Å². The van der Waals surface area contributed by atoms with E-state index in [1.54, 1.807) is 12.2 Å². The minimum atomic E-state index is -0.352. The fourth-order valence-corrected chi connectivity index (χ4v) is 2.98. The summed E-state index contributed by atoms with van der Waals surface area (Å²) in [6, 6.07) is 0. The summed E-state index contributed by atoms with van der Waals surface area (Å²) in [4.78, 5) is 54.2. The van der Waals surface area contributed by atoms with Crippen molar-refractivity contribution in [2.75, 3.05) is 19.6 Å². The van der Waals surface area contributed by atoms with Crippen molar-refractivity contribution in [2.45, 2.75) is 79.2 Å². The summed E-state index contributed by atoms with van der Waals surface area (Å²) in [6.45, 7) is 13.8. The van der Waals surface area contributed by atoms with E-state index in [4.69, 9.17) is 0 Å². The van der Waals surface area contributed by atoms with Gasteiger partial charge in [0.2, 0.25) is 24.3 Å². The van der Waals surface area contributed by atoms with E-state index in [0.717, 1.165) is 32.1 Å². The molecular formula is C22H36N4O4. The SMILES string of the molecule is CC(CCCCN=C=O)C(C)(C)N=C=O.CC(CN=C=O)CC(C)(C)CCN=C=O. The summed E-state index contributed by atoms with van der Waals surface area (Å²) in [5.74, 6) is 0.667. The normalized spacial score (nSPS) is 12.5. The summed E-state index contributed by atoms with van der Waals surface area (Å²) < 4.78 is 0. The molecule has 0 rings (SSSR count). The standard InChI is InChI=1S/2C11H18N2O2/c1-10(7-13-9-15)6-11(2,3)4-5-12-8-14;1-10(11(2,3)13-9-15)6-4-5-7-12-8-14/h2*10H,4-7H2,1-3H3. The third-order valence-corrected chi connectivity index (χ3v) is 5.09. The Labute approximate surface area is 180 Å². The van der Waals surface area contributed by atoms with Gasteiger partial charge in [0.05, 0.1) is 25.2 Å². The summed E-state index contributed by atoms with van der Waals surface area (Å²) in [5, 5.41) is 0. The molecule has 8 heteroatoms. The van der Waals surface area contributed by atoms with Gasteiger partial charge in [0.1, 0.15) is 0 Å². The Hall–Kier alpha value is -2.48. The second kappa shape index (κ2) is 17.4. The van der Waals surface area contributed by atoms with E-state index in [2.05, 4.69) is 40.7 Å². The van der Waals surface area contributed by atoms with Crippen molar-refractivity contribution in [2.24, 2.45) is 37.2 Å². The average Bonchev–Trinajstić information content (AvgIpc) is 2.66. The highest BCUT2D eigenvalue weighted by Gasteiger charge is 2.24. The Morgan fingerprint density at radius 2 is 1.33 bits per heavy atom. The number of rotatable bonds is 14. The summed E-state index contributed by atoms with van der Waals surface area (Å²) in [5.41, 5.74) is -0.242. The molecule has 30 heavy (non-hydrogen) atoms. The number of unbranched alkanes of at least 4 members (excludes halogenated alkanes) is 1. The van der Waals surface area contributed by atoms with Crippen LogP contribution in [0.4, 0.5) is 0 Å². The summed E-state index contributed by atoms with van der Waals surface area (Å²) >= 11 is 0. The van der Waals surface area contributed by atoms with Crippen LogP contribution >= 0.6 is 0 Å². The lowest BCUT2D eigenvalue weighted by Gasteiger charge is -2.26. The topological polar surface area (TPSA) is 118 Å². The average molecular weight is 421 g/mol. The van der Waals surface area contributed by atoms with Crippen molar-refractivity contribution in [3.8, 4) is 0 Å². The lowest BCUT2D eigenvalue weighted by molar-refractivity contribution is 0.264. The zero-order valence-corrected chi connectivity index (χ0v) is 19.2. The van der Waals surface area contributed by atoms with Crippen molar-refractivity contribution in [1.29, 1.82) is 0 Å². The number of hydrogen-bond donors (Lipinski definition) is 0. The van der Waals surface area contributed by atoms with Gasteiger partial charge in [-0.2, -0.15) is 4.99 Å². The molecule has 0 heterocycles. The van der Waals surface area contributed by atoms with Gasteiger partial charge in [0.15, 0.2) is 0 Å². The molecule has 0 bridgehead atoms. The van der Waals surface area contributed by atoms with E-state index in [0.29, 0.717) is 31.5 Å². The molecule has 0 aliphatic carbocycles. The first-order chi connectivity index (χ1) is 14.1. The van der Waals surface area contributed by atoms with Crippen LogP contribution in [0.2, 0.25) is 0 Å². The molecule has 0 aromatic heterocycles. The van der Waals surface area contributed by atoms with Gasteiger partial charge in [-0.3, -0.25) is 0 Å². The van der Waals surface area contributed by atoms with Crippen LogP contribution in [-0.4, -0.2) is 49.5 Å². The minimum Gasteiger partial charge on any atom is -0.211 e. The molecule has 8 nitrogen and oxygen atoms in total. The second-order valence-corrected chi connectivity index (χ2v) is 8.86. The zero-order chi connectivity index (χ0) is 23.5. The van der Waals surface area contributed by atoms with Crippen molar-refractivity contribution in [1.82, 2.24) is 0 Å². The van der Waals surface area contributed by atoms with E-state index in [1.807, 2.05) is 20.8 Å². The number of aliphatic imine (C=N–C) groups is 4. The van der Waals surface area contributed by atoms with Crippen LogP contribution < -0.4 is 0 Å². The van der Waals surface area contributed by atoms with Crippen molar-refractivity contribution in [3.63, 3.8) is 0 Å². The predicted octanol–water partition coefficient (Wildman–Crippen LogP) is 4.34. The van der Waals surface area contributed by atoms with E-state index in [1.165, 1.54) is 12.2 Å². The van der Waals surface area contributed by atoms with Crippen molar-refractivity contribution in [3.05, 3.63) is 0 Å². The molecule has 0 saturated carbocycles. The Morgan fingerprint density at radius 1 is 0.767 bits per heavy atom. The molecule has 0 N–H and O–H groups in total. The predicted molar refractivity (Wildman–Crippen MR) is 116 cm³/mol. The number of nitrogens with zero attached hydrogens (tertiary/aromatic N) is 4. The molecule has 0 saturated heterocycles. The fourth-order valence-electron chi connectivity index (χ4n) is 2.98. The maximum Gasteiger partial charge on any atom is 0.235 e. The smallest absolute Gasteiger partial charge is 0.211 e. The Kier molecular flexibility index (Phi) is 17.2. The highest BCUT2D eigenvalue weighted by atomic mass is 16.1. The molecule has 0 fully saturated rings. The first kappa shape index (κ1) is 29.7. The van der Waals surface area contributed by atoms with Crippen LogP contribution in [-0.2, 0) is 19.2 Å². The zero-order valence-electron chi connectivity index (χ0n) is 19.2. The minimum absolute atomic E-state index is 0.109. The Morgan fingerprint density at radius 3 is 1.87 bits per heavy atom. The first-order valence-corrected chi connectivity index (χ1v) is 10.3. The molecule has 0 radical (unpaired) electrons. The highest BCUT2D eigenvalue weighted by molar-refractivity contribution is 5.34. The number of hydrogen-bond acceptors (Lipinski definition) is 8. The van der Waals surface area contributed by atoms with Crippen LogP contribution in [0.1, 0.15) is 73.6 Å². The number of carbonyl (C=O) groups excluding carboxylic acids is 4. The van der Waals surface area contributed by atoms with Gasteiger partial charge in [-0.1, -0.05) is 34.1 Å². The van der Waals surface area contributed by atoms with Crippen molar-refractivity contribution >= 4 is 24.3 Å². The van der Waals surface area contributed by atoms with Gasteiger partial charge in [0.25, 0.3) is 0 Å². The molecular weight excluding hydrogens is 384 g/mol. The van der Waals surface area contributed by atoms with Crippen LogP contribution in [0.15, 0.2) is 20.0 Å². The number of isocyanates is 4. The molecule has 0 aliphatic heterocycles. The van der Waals surface area contributed by atoms with Gasteiger partial charge in [-0.05, 0) is 56.8 Å². The molecule has 0 aliphatic rings. The Balaban J connectivity index is 0.